The van der Waals surface area contributed by atoms with Gasteiger partial charge in [-0.05, 0) is 35.8 Å². The van der Waals surface area contributed by atoms with Crippen LogP contribution < -0.4 is 4.74 Å². The molecule has 0 aromatic heterocycles. The Bertz CT molecular complexity index is 565. The molecule has 112 valence electrons. The highest BCUT2D eigenvalue weighted by atomic mass is 16.5. The third kappa shape index (κ3) is 4.08. The number of benzene rings is 1. The number of hydrogen-bond acceptors (Lipinski definition) is 3. The number of nitrogens with zero attached hydrogens (tertiary/aromatic N) is 1. The molecule has 1 aliphatic heterocycles. The molecule has 0 bridgehead atoms. The number of aliphatic carboxylic acids is 1. The molecule has 1 amide bonds. The second kappa shape index (κ2) is 6.92. The Kier molecular flexibility index (Phi) is 4.98. The molecular formula is C16H19NO4. The highest BCUT2D eigenvalue weighted by Crippen LogP contribution is 2.26. The standard InChI is InChI=1S/C16H19NO4/c1-2-8-17(11-16(19)20)15(18)6-4-12-3-5-14-13(10-12)7-9-21-14/h3-6,10H,2,7-9,11H2,1H3,(H,19,20)/b6-4+. The lowest BCUT2D eigenvalue weighted by Crippen LogP contribution is -2.35. The van der Waals surface area contributed by atoms with Gasteiger partial charge in [0.05, 0.1) is 6.61 Å². The van der Waals surface area contributed by atoms with E-state index in [1.54, 1.807) is 6.08 Å². The first kappa shape index (κ1) is 15.1. The van der Waals surface area contributed by atoms with E-state index in [9.17, 15) is 9.59 Å². The third-order valence-corrected chi connectivity index (χ3v) is 3.26. The van der Waals surface area contributed by atoms with Crippen molar-refractivity contribution < 1.29 is 19.4 Å². The van der Waals surface area contributed by atoms with Crippen molar-refractivity contribution in [3.8, 4) is 5.75 Å². The minimum Gasteiger partial charge on any atom is -0.493 e. The quantitative estimate of drug-likeness (QED) is 0.813. The van der Waals surface area contributed by atoms with Crippen molar-refractivity contribution in [2.45, 2.75) is 19.8 Å². The third-order valence-electron chi connectivity index (χ3n) is 3.26. The Hall–Kier alpha value is -2.30. The maximum Gasteiger partial charge on any atom is 0.323 e. The van der Waals surface area contributed by atoms with Crippen LogP contribution in [0.25, 0.3) is 6.08 Å². The molecule has 5 nitrogen and oxygen atoms in total. The van der Waals surface area contributed by atoms with Crippen LogP contribution in [-0.4, -0.2) is 41.6 Å². The fourth-order valence-corrected chi connectivity index (χ4v) is 2.28. The highest BCUT2D eigenvalue weighted by Gasteiger charge is 2.14. The van der Waals surface area contributed by atoms with Gasteiger partial charge in [0.2, 0.25) is 5.91 Å². The summed E-state index contributed by atoms with van der Waals surface area (Å²) in [5.41, 5.74) is 2.06. The molecule has 1 aromatic carbocycles. The summed E-state index contributed by atoms with van der Waals surface area (Å²) < 4.78 is 5.43. The second-order valence-electron chi connectivity index (χ2n) is 4.95. The van der Waals surface area contributed by atoms with E-state index in [0.29, 0.717) is 13.2 Å². The average molecular weight is 289 g/mol. The van der Waals surface area contributed by atoms with Gasteiger partial charge in [0, 0.05) is 19.0 Å². The lowest BCUT2D eigenvalue weighted by Gasteiger charge is -2.17. The zero-order chi connectivity index (χ0) is 15.2. The molecule has 1 heterocycles. The van der Waals surface area contributed by atoms with Crippen molar-refractivity contribution in [3.05, 3.63) is 35.4 Å². The average Bonchev–Trinajstić information content (AvgIpc) is 2.91. The molecule has 2 rings (SSSR count). The Morgan fingerprint density at radius 3 is 2.95 bits per heavy atom. The monoisotopic (exact) mass is 289 g/mol. The van der Waals surface area contributed by atoms with Gasteiger partial charge in [-0.3, -0.25) is 9.59 Å². The summed E-state index contributed by atoms with van der Waals surface area (Å²) >= 11 is 0. The summed E-state index contributed by atoms with van der Waals surface area (Å²) in [6.07, 6.45) is 4.75. The highest BCUT2D eigenvalue weighted by molar-refractivity contribution is 5.93. The number of carbonyl (C=O) groups excluding carboxylic acids is 1. The fourth-order valence-electron chi connectivity index (χ4n) is 2.28. The predicted molar refractivity (Wildman–Crippen MR) is 79.2 cm³/mol. The zero-order valence-corrected chi connectivity index (χ0v) is 12.0. The van der Waals surface area contributed by atoms with Crippen LogP contribution in [0.2, 0.25) is 0 Å². The molecule has 1 N–H and O–H groups in total. The van der Waals surface area contributed by atoms with E-state index >= 15 is 0 Å². The number of fused-ring (bicyclic) bond motifs is 1. The smallest absolute Gasteiger partial charge is 0.323 e. The van der Waals surface area contributed by atoms with Crippen LogP contribution in [0.5, 0.6) is 5.75 Å². The van der Waals surface area contributed by atoms with Crippen LogP contribution in [0.1, 0.15) is 24.5 Å². The molecule has 1 aromatic rings. The van der Waals surface area contributed by atoms with Crippen molar-refractivity contribution in [1.82, 2.24) is 4.90 Å². The molecule has 0 aliphatic carbocycles. The number of hydrogen-bond donors (Lipinski definition) is 1. The van der Waals surface area contributed by atoms with Crippen molar-refractivity contribution in [2.75, 3.05) is 19.7 Å². The number of rotatable bonds is 6. The van der Waals surface area contributed by atoms with Gasteiger partial charge in [0.25, 0.3) is 0 Å². The number of amides is 1. The van der Waals surface area contributed by atoms with Crippen LogP contribution in [0.3, 0.4) is 0 Å². The summed E-state index contributed by atoms with van der Waals surface area (Å²) in [5, 5.41) is 8.82. The molecule has 0 atom stereocenters. The van der Waals surface area contributed by atoms with Crippen molar-refractivity contribution >= 4 is 18.0 Å². The molecular weight excluding hydrogens is 270 g/mol. The Labute approximate surface area is 123 Å². The lowest BCUT2D eigenvalue weighted by atomic mass is 10.1. The SMILES string of the molecule is CCCN(CC(=O)O)C(=O)/C=C/c1ccc2c(c1)CCO2. The molecule has 0 radical (unpaired) electrons. The summed E-state index contributed by atoms with van der Waals surface area (Å²) in [6, 6.07) is 5.77. The lowest BCUT2D eigenvalue weighted by molar-refractivity contribution is -0.142. The fraction of sp³-hybridized carbons (Fsp3) is 0.375. The molecule has 0 saturated carbocycles. The van der Waals surface area contributed by atoms with Gasteiger partial charge in [-0.25, -0.2) is 0 Å². The summed E-state index contributed by atoms with van der Waals surface area (Å²) in [6.45, 7) is 2.78. The van der Waals surface area contributed by atoms with Crippen molar-refractivity contribution in [3.63, 3.8) is 0 Å². The van der Waals surface area contributed by atoms with Crippen LogP contribution in [0.4, 0.5) is 0 Å². The summed E-state index contributed by atoms with van der Waals surface area (Å²) in [4.78, 5) is 24.1. The number of ether oxygens (including phenoxy) is 1. The van der Waals surface area contributed by atoms with Crippen LogP contribution in [0, 0.1) is 0 Å². The summed E-state index contributed by atoms with van der Waals surface area (Å²) in [7, 11) is 0. The van der Waals surface area contributed by atoms with E-state index in [4.69, 9.17) is 9.84 Å². The van der Waals surface area contributed by atoms with Gasteiger partial charge < -0.3 is 14.7 Å². The van der Waals surface area contributed by atoms with E-state index in [1.807, 2.05) is 25.1 Å². The van der Waals surface area contributed by atoms with E-state index in [2.05, 4.69) is 0 Å². The Morgan fingerprint density at radius 1 is 1.43 bits per heavy atom. The summed E-state index contributed by atoms with van der Waals surface area (Å²) in [5.74, 6) is -0.382. The number of carbonyl (C=O) groups is 2. The second-order valence-corrected chi connectivity index (χ2v) is 4.95. The van der Waals surface area contributed by atoms with Crippen LogP contribution >= 0.6 is 0 Å². The number of carboxylic acid groups (broad SMARTS) is 1. The molecule has 1 aliphatic rings. The van der Waals surface area contributed by atoms with Crippen molar-refractivity contribution in [1.29, 1.82) is 0 Å². The largest absolute Gasteiger partial charge is 0.493 e. The van der Waals surface area contributed by atoms with E-state index in [-0.39, 0.29) is 12.5 Å². The molecule has 21 heavy (non-hydrogen) atoms. The number of carboxylic acids is 1. The maximum atomic E-state index is 12.0. The van der Waals surface area contributed by atoms with Gasteiger partial charge in [-0.1, -0.05) is 13.0 Å². The Morgan fingerprint density at radius 2 is 2.24 bits per heavy atom. The first-order valence-corrected chi connectivity index (χ1v) is 7.04. The topological polar surface area (TPSA) is 66.8 Å². The van der Waals surface area contributed by atoms with E-state index in [1.165, 1.54) is 11.0 Å². The van der Waals surface area contributed by atoms with Crippen LogP contribution in [0.15, 0.2) is 24.3 Å². The molecule has 0 unspecified atom stereocenters. The van der Waals surface area contributed by atoms with E-state index in [0.717, 1.165) is 29.7 Å². The van der Waals surface area contributed by atoms with Gasteiger partial charge in [-0.2, -0.15) is 0 Å². The van der Waals surface area contributed by atoms with Gasteiger partial charge >= 0.3 is 5.97 Å². The molecule has 0 fully saturated rings. The first-order chi connectivity index (χ1) is 10.1. The normalized spacial score (nSPS) is 13.0. The first-order valence-electron chi connectivity index (χ1n) is 7.04. The zero-order valence-electron chi connectivity index (χ0n) is 12.0. The van der Waals surface area contributed by atoms with E-state index < -0.39 is 5.97 Å². The predicted octanol–water partition coefficient (Wildman–Crippen LogP) is 1.96. The minimum atomic E-state index is -1.00. The maximum absolute atomic E-state index is 12.0. The van der Waals surface area contributed by atoms with Gasteiger partial charge in [-0.15, -0.1) is 0 Å². The van der Waals surface area contributed by atoms with Gasteiger partial charge in [0.1, 0.15) is 12.3 Å². The minimum absolute atomic E-state index is 0.269. The van der Waals surface area contributed by atoms with Gasteiger partial charge in [0.15, 0.2) is 0 Å². The van der Waals surface area contributed by atoms with Crippen LogP contribution in [-0.2, 0) is 16.0 Å². The Balaban J connectivity index is 2.04. The molecule has 5 heteroatoms. The molecule has 0 saturated heterocycles. The molecule has 0 spiro atoms. The van der Waals surface area contributed by atoms with Crippen molar-refractivity contribution in [2.24, 2.45) is 0 Å².